The van der Waals surface area contributed by atoms with E-state index in [-0.39, 0.29) is 22.6 Å². The molecule has 0 radical (unpaired) electrons. The Morgan fingerprint density at radius 1 is 1.24 bits per heavy atom. The fraction of sp³-hybridized carbons (Fsp3) is 0.125. The van der Waals surface area contributed by atoms with Gasteiger partial charge in [0, 0.05) is 23.8 Å². The van der Waals surface area contributed by atoms with Crippen molar-refractivity contribution in [1.29, 1.82) is 0 Å². The molecule has 0 aliphatic heterocycles. The topological polar surface area (TPSA) is 123 Å². The number of nitro groups is 1. The molecular weight excluding hydrogens is 330 g/mol. The normalized spacial score (nSPS) is 10.5. The van der Waals surface area contributed by atoms with Gasteiger partial charge in [0.05, 0.1) is 30.9 Å². The summed E-state index contributed by atoms with van der Waals surface area (Å²) in [6, 6.07) is 8.12. The van der Waals surface area contributed by atoms with Crippen LogP contribution in [-0.4, -0.2) is 36.4 Å². The lowest BCUT2D eigenvalue weighted by molar-refractivity contribution is -0.384. The highest BCUT2D eigenvalue weighted by atomic mass is 16.6. The monoisotopic (exact) mass is 345 g/mol. The molecule has 2 N–H and O–H groups in total. The number of hydrogen-bond donors (Lipinski definition) is 2. The number of nitrogens with zero attached hydrogens (tertiary/aromatic N) is 2. The first-order chi connectivity index (χ1) is 12.0. The summed E-state index contributed by atoms with van der Waals surface area (Å²) in [4.78, 5) is 22.3. The van der Waals surface area contributed by atoms with Gasteiger partial charge in [0.25, 0.3) is 11.6 Å². The maximum Gasteiger partial charge on any atom is 0.275 e. The number of nitrogens with one attached hydrogen (secondary N) is 1. The van der Waals surface area contributed by atoms with Crippen LogP contribution in [0.2, 0.25) is 0 Å². The highest BCUT2D eigenvalue weighted by Crippen LogP contribution is 2.24. The third-order valence-corrected chi connectivity index (χ3v) is 3.24. The quantitative estimate of drug-likeness (QED) is 0.469. The number of aromatic hydroxyl groups is 1. The van der Waals surface area contributed by atoms with E-state index in [1.54, 1.807) is 12.1 Å². The van der Waals surface area contributed by atoms with Crippen molar-refractivity contribution in [2.45, 2.75) is 0 Å². The number of amides is 1. The van der Waals surface area contributed by atoms with E-state index in [0.29, 0.717) is 11.5 Å². The number of phenols is 1. The molecule has 0 saturated carbocycles. The van der Waals surface area contributed by atoms with Gasteiger partial charge < -0.3 is 14.6 Å². The average molecular weight is 345 g/mol. The van der Waals surface area contributed by atoms with Gasteiger partial charge in [0.1, 0.15) is 17.2 Å². The van der Waals surface area contributed by atoms with E-state index in [1.165, 1.54) is 26.4 Å². The molecule has 0 saturated heterocycles. The molecule has 0 bridgehead atoms. The number of nitro benzene ring substituents is 1. The Morgan fingerprint density at radius 2 is 2.00 bits per heavy atom. The van der Waals surface area contributed by atoms with Crippen LogP contribution < -0.4 is 14.9 Å². The van der Waals surface area contributed by atoms with Crippen molar-refractivity contribution in [1.82, 2.24) is 5.43 Å². The molecule has 0 spiro atoms. The Labute approximate surface area is 142 Å². The van der Waals surface area contributed by atoms with Crippen molar-refractivity contribution in [3.05, 3.63) is 57.6 Å². The molecular formula is C16H15N3O6. The van der Waals surface area contributed by atoms with Gasteiger partial charge >= 0.3 is 0 Å². The van der Waals surface area contributed by atoms with Crippen molar-refractivity contribution in [3.63, 3.8) is 0 Å². The molecule has 9 nitrogen and oxygen atoms in total. The van der Waals surface area contributed by atoms with Gasteiger partial charge in [-0.2, -0.15) is 5.10 Å². The number of rotatable bonds is 6. The van der Waals surface area contributed by atoms with E-state index < -0.39 is 10.8 Å². The van der Waals surface area contributed by atoms with Crippen LogP contribution in [0.4, 0.5) is 5.69 Å². The van der Waals surface area contributed by atoms with Crippen molar-refractivity contribution in [2.75, 3.05) is 14.2 Å². The van der Waals surface area contributed by atoms with E-state index in [2.05, 4.69) is 10.5 Å². The Bertz CT molecular complexity index is 835. The lowest BCUT2D eigenvalue weighted by Crippen LogP contribution is -2.18. The number of carbonyl (C=O) groups excluding carboxylic acids is 1. The van der Waals surface area contributed by atoms with Gasteiger partial charge in [0.2, 0.25) is 0 Å². The second-order valence-electron chi connectivity index (χ2n) is 4.77. The van der Waals surface area contributed by atoms with Gasteiger partial charge in [-0.05, 0) is 18.2 Å². The Kier molecular flexibility index (Phi) is 5.51. The number of hydrazone groups is 1. The molecule has 0 aromatic heterocycles. The molecule has 2 aromatic rings. The lowest BCUT2D eigenvalue weighted by Gasteiger charge is -2.08. The van der Waals surface area contributed by atoms with Gasteiger partial charge in [-0.1, -0.05) is 0 Å². The third kappa shape index (κ3) is 4.22. The summed E-state index contributed by atoms with van der Waals surface area (Å²) < 4.78 is 10.2. The van der Waals surface area contributed by atoms with E-state index in [4.69, 9.17) is 9.47 Å². The van der Waals surface area contributed by atoms with Crippen LogP contribution in [0, 0.1) is 10.1 Å². The number of ether oxygens (including phenoxy) is 2. The zero-order valence-corrected chi connectivity index (χ0v) is 13.4. The highest BCUT2D eigenvalue weighted by Gasteiger charge is 2.13. The SMILES string of the molecule is COc1ccc(C(=O)NN=Cc2cc([N+](=O)[O-])ccc2O)c(OC)c1. The third-order valence-electron chi connectivity index (χ3n) is 3.24. The first-order valence-electron chi connectivity index (χ1n) is 6.99. The van der Waals surface area contributed by atoms with Crippen LogP contribution in [0.25, 0.3) is 0 Å². The highest BCUT2D eigenvalue weighted by molar-refractivity contribution is 5.97. The average Bonchev–Trinajstić information content (AvgIpc) is 2.62. The summed E-state index contributed by atoms with van der Waals surface area (Å²) in [5.74, 6) is 0.0648. The summed E-state index contributed by atoms with van der Waals surface area (Å²) in [5, 5.41) is 24.1. The minimum Gasteiger partial charge on any atom is -0.507 e. The van der Waals surface area contributed by atoms with Crippen LogP contribution in [0.1, 0.15) is 15.9 Å². The molecule has 0 fully saturated rings. The molecule has 0 heterocycles. The molecule has 0 unspecified atom stereocenters. The zero-order chi connectivity index (χ0) is 18.4. The standard InChI is InChI=1S/C16H15N3O6/c1-24-12-4-5-13(15(8-12)25-2)16(21)18-17-9-10-7-11(19(22)23)3-6-14(10)20/h3-9,20H,1-2H3,(H,18,21). The molecule has 130 valence electrons. The van der Waals surface area contributed by atoms with Crippen molar-refractivity contribution >= 4 is 17.8 Å². The molecule has 0 aliphatic rings. The van der Waals surface area contributed by atoms with Crippen LogP contribution in [0.3, 0.4) is 0 Å². The number of hydrogen-bond acceptors (Lipinski definition) is 7. The van der Waals surface area contributed by atoms with E-state index >= 15 is 0 Å². The van der Waals surface area contributed by atoms with Crippen LogP contribution in [0.5, 0.6) is 17.2 Å². The number of methoxy groups -OCH3 is 2. The Hall–Kier alpha value is -3.62. The molecule has 1 amide bonds. The summed E-state index contributed by atoms with van der Waals surface area (Å²) in [7, 11) is 2.90. The summed E-state index contributed by atoms with van der Waals surface area (Å²) in [6.07, 6.45) is 1.11. The van der Waals surface area contributed by atoms with E-state index in [1.807, 2.05) is 0 Å². The Balaban J connectivity index is 2.16. The molecule has 0 atom stereocenters. The first-order valence-corrected chi connectivity index (χ1v) is 6.99. The predicted molar refractivity (Wildman–Crippen MR) is 89.4 cm³/mol. The summed E-state index contributed by atoms with van der Waals surface area (Å²) in [5.41, 5.74) is 2.38. The van der Waals surface area contributed by atoms with Crippen molar-refractivity contribution in [2.24, 2.45) is 5.10 Å². The van der Waals surface area contributed by atoms with Gasteiger partial charge in [-0.25, -0.2) is 5.43 Å². The van der Waals surface area contributed by atoms with Crippen LogP contribution >= 0.6 is 0 Å². The second kappa shape index (κ2) is 7.77. The largest absolute Gasteiger partial charge is 0.507 e. The zero-order valence-electron chi connectivity index (χ0n) is 13.4. The minimum absolute atomic E-state index is 0.0937. The van der Waals surface area contributed by atoms with Gasteiger partial charge in [-0.3, -0.25) is 14.9 Å². The fourth-order valence-corrected chi connectivity index (χ4v) is 1.97. The van der Waals surface area contributed by atoms with Crippen molar-refractivity contribution < 1.29 is 24.3 Å². The molecule has 25 heavy (non-hydrogen) atoms. The summed E-state index contributed by atoms with van der Waals surface area (Å²) >= 11 is 0. The predicted octanol–water partition coefficient (Wildman–Crippen LogP) is 2.08. The molecule has 2 rings (SSSR count). The minimum atomic E-state index is -0.600. The second-order valence-corrected chi connectivity index (χ2v) is 4.77. The maximum absolute atomic E-state index is 12.2. The molecule has 9 heteroatoms. The molecule has 2 aromatic carbocycles. The fourth-order valence-electron chi connectivity index (χ4n) is 1.97. The molecule has 0 aliphatic carbocycles. The van der Waals surface area contributed by atoms with Crippen molar-refractivity contribution in [3.8, 4) is 17.2 Å². The first kappa shape index (κ1) is 17.7. The van der Waals surface area contributed by atoms with E-state index in [9.17, 15) is 20.0 Å². The Morgan fingerprint density at radius 3 is 2.64 bits per heavy atom. The van der Waals surface area contributed by atoms with Crippen LogP contribution in [-0.2, 0) is 0 Å². The van der Waals surface area contributed by atoms with Gasteiger partial charge in [0.15, 0.2) is 0 Å². The lowest BCUT2D eigenvalue weighted by atomic mass is 10.2. The number of non-ortho nitro benzene ring substituents is 1. The number of carbonyl (C=O) groups is 1. The number of phenolic OH excluding ortho intramolecular Hbond substituents is 1. The van der Waals surface area contributed by atoms with E-state index in [0.717, 1.165) is 18.3 Å². The van der Waals surface area contributed by atoms with Gasteiger partial charge in [-0.15, -0.1) is 0 Å². The summed E-state index contributed by atoms with van der Waals surface area (Å²) in [6.45, 7) is 0. The number of benzene rings is 2. The maximum atomic E-state index is 12.2. The van der Waals surface area contributed by atoms with Crippen LogP contribution in [0.15, 0.2) is 41.5 Å². The smallest absolute Gasteiger partial charge is 0.275 e.